The van der Waals surface area contributed by atoms with Crippen molar-refractivity contribution in [2.24, 2.45) is 0 Å². The van der Waals surface area contributed by atoms with Crippen molar-refractivity contribution in [3.8, 4) is 0 Å². The van der Waals surface area contributed by atoms with Crippen molar-refractivity contribution in [1.29, 1.82) is 0 Å². The van der Waals surface area contributed by atoms with E-state index >= 15 is 0 Å². The molecule has 1 aliphatic heterocycles. The summed E-state index contributed by atoms with van der Waals surface area (Å²) in [6.07, 6.45) is 7.85. The second kappa shape index (κ2) is 5.52. The van der Waals surface area contributed by atoms with E-state index < -0.39 is 0 Å². The summed E-state index contributed by atoms with van der Waals surface area (Å²) in [6, 6.07) is 5.43. The number of amides is 1. The van der Waals surface area contributed by atoms with E-state index in [1.807, 2.05) is 39.1 Å². The van der Waals surface area contributed by atoms with Gasteiger partial charge in [-0.3, -0.25) is 14.2 Å². The molecule has 5 rings (SSSR count). The molecule has 4 aromatic rings. The fourth-order valence-corrected chi connectivity index (χ4v) is 4.01. The Morgan fingerprint density at radius 1 is 1.32 bits per heavy atom. The summed E-state index contributed by atoms with van der Waals surface area (Å²) in [5.41, 5.74) is 3.18. The molecular weight excluding hydrogens is 336 g/mol. The zero-order valence-electron chi connectivity index (χ0n) is 13.2. The van der Waals surface area contributed by atoms with Crippen LogP contribution in [0, 0.1) is 0 Å². The molecule has 5 heterocycles. The van der Waals surface area contributed by atoms with Gasteiger partial charge < -0.3 is 9.88 Å². The molecule has 0 spiro atoms. The summed E-state index contributed by atoms with van der Waals surface area (Å²) in [4.78, 5) is 32.4. The number of hydrogen-bond donors (Lipinski definition) is 1. The van der Waals surface area contributed by atoms with Gasteiger partial charge in [0.2, 0.25) is 0 Å². The lowest BCUT2D eigenvalue weighted by Gasteiger charge is -2.34. The average Bonchev–Trinajstić information content (AvgIpc) is 3.36. The van der Waals surface area contributed by atoms with Gasteiger partial charge in [-0.25, -0.2) is 9.97 Å². The molecule has 0 unspecified atom stereocenters. The van der Waals surface area contributed by atoms with Crippen molar-refractivity contribution < 1.29 is 4.79 Å². The van der Waals surface area contributed by atoms with E-state index in [-0.39, 0.29) is 11.9 Å². The predicted molar refractivity (Wildman–Crippen MR) is 92.5 cm³/mol. The number of aromatic amines is 1. The maximum Gasteiger partial charge on any atom is 0.275 e. The van der Waals surface area contributed by atoms with E-state index in [1.165, 1.54) is 11.3 Å². The van der Waals surface area contributed by atoms with Crippen LogP contribution in [-0.2, 0) is 6.42 Å². The van der Waals surface area contributed by atoms with Crippen LogP contribution in [0.1, 0.15) is 33.6 Å². The van der Waals surface area contributed by atoms with Gasteiger partial charge in [0.15, 0.2) is 4.96 Å². The van der Waals surface area contributed by atoms with Gasteiger partial charge in [-0.15, -0.1) is 11.3 Å². The maximum absolute atomic E-state index is 13.2. The molecule has 1 amide bonds. The second-order valence-corrected chi connectivity index (χ2v) is 6.76. The average molecular weight is 350 g/mol. The van der Waals surface area contributed by atoms with Gasteiger partial charge in [0.05, 0.1) is 17.7 Å². The Morgan fingerprint density at radius 2 is 2.28 bits per heavy atom. The highest BCUT2D eigenvalue weighted by atomic mass is 32.1. The van der Waals surface area contributed by atoms with Crippen LogP contribution in [0.15, 0.2) is 48.5 Å². The monoisotopic (exact) mass is 350 g/mol. The molecule has 4 aromatic heterocycles. The fraction of sp³-hybridized carbons (Fsp3) is 0.176. The molecule has 0 fully saturated rings. The SMILES string of the molecule is O=C(c1cn2ccsc2n1)N1CCc2[nH]cnc2[C@@H]1c1ccccn1. The van der Waals surface area contributed by atoms with Crippen LogP contribution >= 0.6 is 11.3 Å². The predicted octanol–water partition coefficient (Wildman–Crippen LogP) is 2.30. The Labute approximate surface area is 147 Å². The molecule has 0 bridgehead atoms. The number of aromatic nitrogens is 5. The van der Waals surface area contributed by atoms with Crippen molar-refractivity contribution >= 4 is 22.2 Å². The molecule has 0 radical (unpaired) electrons. The third kappa shape index (κ3) is 2.25. The first-order valence-corrected chi connectivity index (χ1v) is 8.85. The van der Waals surface area contributed by atoms with E-state index in [1.54, 1.807) is 18.7 Å². The molecule has 25 heavy (non-hydrogen) atoms. The van der Waals surface area contributed by atoms with Gasteiger partial charge in [0.1, 0.15) is 11.7 Å². The fourth-order valence-electron chi connectivity index (χ4n) is 3.31. The quantitative estimate of drug-likeness (QED) is 0.602. The lowest BCUT2D eigenvalue weighted by atomic mass is 9.99. The summed E-state index contributed by atoms with van der Waals surface area (Å²) in [6.45, 7) is 0.598. The smallest absolute Gasteiger partial charge is 0.275 e. The number of carbonyl (C=O) groups is 1. The highest BCUT2D eigenvalue weighted by Gasteiger charge is 2.36. The third-order valence-electron chi connectivity index (χ3n) is 4.47. The lowest BCUT2D eigenvalue weighted by molar-refractivity contribution is 0.0682. The molecule has 0 aliphatic carbocycles. The van der Waals surface area contributed by atoms with Gasteiger partial charge in [0, 0.05) is 42.6 Å². The number of imidazole rings is 2. The van der Waals surface area contributed by atoms with Gasteiger partial charge in [-0.05, 0) is 12.1 Å². The Bertz CT molecular complexity index is 1020. The number of H-pyrrole nitrogens is 1. The summed E-state index contributed by atoms with van der Waals surface area (Å²) in [5.74, 6) is -0.0970. The Kier molecular flexibility index (Phi) is 3.17. The molecule has 1 atom stereocenters. The van der Waals surface area contributed by atoms with Crippen LogP contribution < -0.4 is 0 Å². The minimum absolute atomic E-state index is 0.0970. The van der Waals surface area contributed by atoms with Crippen LogP contribution in [0.25, 0.3) is 4.96 Å². The largest absolute Gasteiger partial charge is 0.348 e. The number of nitrogens with one attached hydrogen (secondary N) is 1. The van der Waals surface area contributed by atoms with E-state index in [9.17, 15) is 4.79 Å². The number of nitrogens with zero attached hydrogens (tertiary/aromatic N) is 5. The minimum Gasteiger partial charge on any atom is -0.348 e. The number of rotatable bonds is 2. The van der Waals surface area contributed by atoms with E-state index in [2.05, 4.69) is 19.9 Å². The first-order chi connectivity index (χ1) is 12.3. The molecule has 0 aromatic carbocycles. The number of thiazole rings is 1. The minimum atomic E-state index is -0.302. The van der Waals surface area contributed by atoms with Crippen molar-refractivity contribution in [3.63, 3.8) is 0 Å². The van der Waals surface area contributed by atoms with Crippen LogP contribution in [0.3, 0.4) is 0 Å². The molecule has 1 N–H and O–H groups in total. The van der Waals surface area contributed by atoms with E-state index in [4.69, 9.17) is 0 Å². The van der Waals surface area contributed by atoms with E-state index in [0.717, 1.165) is 28.5 Å². The molecular formula is C17H14N6OS. The third-order valence-corrected chi connectivity index (χ3v) is 5.24. The zero-order valence-corrected chi connectivity index (χ0v) is 14.0. The van der Waals surface area contributed by atoms with Crippen LogP contribution in [0.2, 0.25) is 0 Å². The highest BCUT2D eigenvalue weighted by molar-refractivity contribution is 7.15. The Morgan fingerprint density at radius 3 is 3.12 bits per heavy atom. The molecule has 0 saturated carbocycles. The van der Waals surface area contributed by atoms with Crippen LogP contribution in [0.5, 0.6) is 0 Å². The summed E-state index contributed by atoms with van der Waals surface area (Å²) < 4.78 is 1.87. The molecule has 0 saturated heterocycles. The lowest BCUT2D eigenvalue weighted by Crippen LogP contribution is -2.41. The summed E-state index contributed by atoms with van der Waals surface area (Å²) >= 11 is 1.51. The van der Waals surface area contributed by atoms with Gasteiger partial charge in [-0.1, -0.05) is 6.07 Å². The normalized spacial score (nSPS) is 17.0. The highest BCUT2D eigenvalue weighted by Crippen LogP contribution is 2.33. The molecule has 1 aliphatic rings. The number of pyridine rings is 1. The van der Waals surface area contributed by atoms with Crippen molar-refractivity contribution in [1.82, 2.24) is 29.2 Å². The molecule has 8 heteroatoms. The Balaban J connectivity index is 1.59. The second-order valence-electron chi connectivity index (χ2n) is 5.89. The van der Waals surface area contributed by atoms with Crippen molar-refractivity contribution in [3.05, 3.63) is 71.3 Å². The Hall–Kier alpha value is -3.00. The van der Waals surface area contributed by atoms with E-state index in [0.29, 0.717) is 12.2 Å². The van der Waals surface area contributed by atoms with Crippen molar-refractivity contribution in [2.75, 3.05) is 6.54 Å². The standard InChI is InChI=1S/C17H14N6OS/c24-16(13-9-22-7-8-25-17(22)21-13)23-6-4-11-14(20-10-19-11)15(23)12-3-1-2-5-18-12/h1-3,5,7-10,15H,4,6H2,(H,19,20)/t15-/m0/s1. The number of carbonyl (C=O) groups excluding carboxylic acids is 1. The summed E-state index contributed by atoms with van der Waals surface area (Å²) in [7, 11) is 0. The van der Waals surface area contributed by atoms with Crippen LogP contribution in [-0.4, -0.2) is 41.7 Å². The van der Waals surface area contributed by atoms with Gasteiger partial charge >= 0.3 is 0 Å². The number of fused-ring (bicyclic) bond motifs is 2. The van der Waals surface area contributed by atoms with Crippen LogP contribution in [0.4, 0.5) is 0 Å². The van der Waals surface area contributed by atoms with Gasteiger partial charge in [-0.2, -0.15) is 0 Å². The molecule has 7 nitrogen and oxygen atoms in total. The first kappa shape index (κ1) is 14.4. The van der Waals surface area contributed by atoms with Gasteiger partial charge in [0.25, 0.3) is 5.91 Å². The van der Waals surface area contributed by atoms with Crippen molar-refractivity contribution in [2.45, 2.75) is 12.5 Å². The topological polar surface area (TPSA) is 79.2 Å². The maximum atomic E-state index is 13.2. The zero-order chi connectivity index (χ0) is 16.8. The summed E-state index contributed by atoms with van der Waals surface area (Å²) in [5, 5.41) is 1.95. The molecule has 124 valence electrons. The first-order valence-electron chi connectivity index (χ1n) is 7.97. The number of hydrogen-bond acceptors (Lipinski definition) is 5.